The molecule has 1 unspecified atom stereocenters. The largest absolute Gasteiger partial charge is 0.295 e. The fourth-order valence-corrected chi connectivity index (χ4v) is 3.65. The van der Waals surface area contributed by atoms with Gasteiger partial charge in [-0.3, -0.25) is 4.90 Å². The maximum Gasteiger partial charge on any atom is 0.276 e. The van der Waals surface area contributed by atoms with E-state index in [4.69, 9.17) is 0 Å². The predicted molar refractivity (Wildman–Crippen MR) is 85.2 cm³/mol. The molecule has 1 atom stereocenters. The molecule has 0 spiro atoms. The number of hydrogen-bond donors (Lipinski definition) is 2. The normalized spacial score (nSPS) is 18.5. The highest BCUT2D eigenvalue weighted by Gasteiger charge is 2.23. The average molecular weight is 311 g/mol. The van der Waals surface area contributed by atoms with E-state index in [0.717, 1.165) is 13.1 Å². The summed E-state index contributed by atoms with van der Waals surface area (Å²) >= 11 is 0. The first-order chi connectivity index (χ1) is 10.1. The van der Waals surface area contributed by atoms with E-state index in [2.05, 4.69) is 26.5 Å². The zero-order valence-electron chi connectivity index (χ0n) is 12.6. The Morgan fingerprint density at radius 1 is 1.10 bits per heavy atom. The Labute approximate surface area is 127 Å². The van der Waals surface area contributed by atoms with E-state index in [-0.39, 0.29) is 6.04 Å². The molecule has 2 N–H and O–H groups in total. The summed E-state index contributed by atoms with van der Waals surface area (Å²) < 4.78 is 28.8. The summed E-state index contributed by atoms with van der Waals surface area (Å²) in [6, 6.07) is 10.2. The number of benzene rings is 1. The van der Waals surface area contributed by atoms with Crippen molar-refractivity contribution in [1.82, 2.24) is 14.3 Å². The summed E-state index contributed by atoms with van der Waals surface area (Å²) in [7, 11) is -3.40. The van der Waals surface area contributed by atoms with Crippen molar-refractivity contribution >= 4 is 10.2 Å². The molecule has 0 aromatic heterocycles. The van der Waals surface area contributed by atoms with Gasteiger partial charge < -0.3 is 0 Å². The lowest BCUT2D eigenvalue weighted by molar-refractivity contribution is 0.164. The van der Waals surface area contributed by atoms with Crippen LogP contribution in [0.4, 0.5) is 0 Å². The lowest BCUT2D eigenvalue weighted by atomic mass is 10.0. The van der Waals surface area contributed by atoms with Crippen molar-refractivity contribution in [2.45, 2.75) is 32.2 Å². The molecule has 5 nitrogen and oxygen atoms in total. The molecule has 1 heterocycles. The second kappa shape index (κ2) is 7.89. The van der Waals surface area contributed by atoms with Gasteiger partial charge in [0.2, 0.25) is 0 Å². The molecule has 21 heavy (non-hydrogen) atoms. The summed E-state index contributed by atoms with van der Waals surface area (Å²) in [6.07, 6.45) is 3.63. The molecule has 0 saturated carbocycles. The Kier molecular flexibility index (Phi) is 6.17. The summed E-state index contributed by atoms with van der Waals surface area (Å²) in [4.78, 5) is 2.38. The zero-order chi connectivity index (χ0) is 15.1. The quantitative estimate of drug-likeness (QED) is 0.805. The smallest absolute Gasteiger partial charge is 0.276 e. The molecule has 0 aliphatic carbocycles. The average Bonchev–Trinajstić information content (AvgIpc) is 2.49. The van der Waals surface area contributed by atoms with Crippen LogP contribution in [0.1, 0.15) is 37.8 Å². The first kappa shape index (κ1) is 16.4. The number of hydrogen-bond acceptors (Lipinski definition) is 3. The fraction of sp³-hybridized carbons (Fsp3) is 0.600. The molecule has 1 aromatic rings. The maximum absolute atomic E-state index is 11.8. The lowest BCUT2D eigenvalue weighted by Crippen LogP contribution is -2.44. The molecule has 1 aliphatic rings. The van der Waals surface area contributed by atoms with Gasteiger partial charge in [0.1, 0.15) is 0 Å². The van der Waals surface area contributed by atoms with Crippen molar-refractivity contribution in [3.05, 3.63) is 35.9 Å². The standard InChI is InChI=1S/C15H25N3O2S/c1-2-16-21(19,20)17-13-15(14-9-5-3-6-10-14)18-11-7-4-8-12-18/h3,5-6,9-10,15-17H,2,4,7-8,11-13H2,1H3. The molecule has 0 bridgehead atoms. The van der Waals surface area contributed by atoms with Crippen molar-refractivity contribution < 1.29 is 8.42 Å². The minimum atomic E-state index is -3.40. The van der Waals surface area contributed by atoms with Gasteiger partial charge in [0.15, 0.2) is 0 Å². The van der Waals surface area contributed by atoms with Crippen LogP contribution in [0.15, 0.2) is 30.3 Å². The van der Waals surface area contributed by atoms with Gasteiger partial charge in [-0.2, -0.15) is 8.42 Å². The molecule has 0 amide bonds. The van der Waals surface area contributed by atoms with Crippen LogP contribution in [-0.4, -0.2) is 39.5 Å². The third-order valence-corrected chi connectivity index (χ3v) is 5.03. The molecule has 2 rings (SSSR count). The summed E-state index contributed by atoms with van der Waals surface area (Å²) in [5.74, 6) is 0. The number of nitrogens with one attached hydrogen (secondary N) is 2. The summed E-state index contributed by atoms with van der Waals surface area (Å²) in [5.41, 5.74) is 1.17. The van der Waals surface area contributed by atoms with E-state index in [1.165, 1.54) is 24.8 Å². The topological polar surface area (TPSA) is 61.4 Å². The maximum atomic E-state index is 11.8. The minimum absolute atomic E-state index is 0.0972. The van der Waals surface area contributed by atoms with Crippen LogP contribution in [-0.2, 0) is 10.2 Å². The third-order valence-electron chi connectivity index (χ3n) is 3.82. The van der Waals surface area contributed by atoms with Crippen molar-refractivity contribution in [3.63, 3.8) is 0 Å². The van der Waals surface area contributed by atoms with Crippen LogP contribution >= 0.6 is 0 Å². The second-order valence-corrected chi connectivity index (χ2v) is 6.96. The van der Waals surface area contributed by atoms with Crippen molar-refractivity contribution in [2.75, 3.05) is 26.2 Å². The number of piperidine rings is 1. The van der Waals surface area contributed by atoms with E-state index in [0.29, 0.717) is 13.1 Å². The first-order valence-electron chi connectivity index (χ1n) is 7.65. The third kappa shape index (κ3) is 5.07. The van der Waals surface area contributed by atoms with Crippen LogP contribution in [0.3, 0.4) is 0 Å². The van der Waals surface area contributed by atoms with Gasteiger partial charge in [-0.05, 0) is 31.5 Å². The zero-order valence-corrected chi connectivity index (χ0v) is 13.4. The van der Waals surface area contributed by atoms with E-state index < -0.39 is 10.2 Å². The highest BCUT2D eigenvalue weighted by atomic mass is 32.2. The minimum Gasteiger partial charge on any atom is -0.295 e. The molecule has 1 aromatic carbocycles. The molecule has 118 valence electrons. The Bertz CT molecular complexity index is 513. The lowest BCUT2D eigenvalue weighted by Gasteiger charge is -2.35. The number of likely N-dealkylation sites (tertiary alicyclic amines) is 1. The van der Waals surface area contributed by atoms with Crippen molar-refractivity contribution in [2.24, 2.45) is 0 Å². The van der Waals surface area contributed by atoms with Crippen molar-refractivity contribution in [1.29, 1.82) is 0 Å². The SMILES string of the molecule is CCNS(=O)(=O)NCC(c1ccccc1)N1CCCCC1. The Morgan fingerprint density at radius 3 is 2.38 bits per heavy atom. The Hall–Kier alpha value is -0.950. The highest BCUT2D eigenvalue weighted by Crippen LogP contribution is 2.24. The summed E-state index contributed by atoms with van der Waals surface area (Å²) in [6.45, 7) is 4.64. The van der Waals surface area contributed by atoms with Gasteiger partial charge in [0.05, 0.1) is 0 Å². The van der Waals surface area contributed by atoms with Gasteiger partial charge in [0.25, 0.3) is 10.2 Å². The van der Waals surface area contributed by atoms with Gasteiger partial charge in [-0.25, -0.2) is 9.44 Å². The van der Waals surface area contributed by atoms with Crippen LogP contribution in [0.2, 0.25) is 0 Å². The molecular formula is C15H25N3O2S. The predicted octanol–water partition coefficient (Wildman–Crippen LogP) is 1.66. The first-order valence-corrected chi connectivity index (χ1v) is 9.14. The Morgan fingerprint density at radius 2 is 1.76 bits per heavy atom. The van der Waals surface area contributed by atoms with Gasteiger partial charge in [-0.15, -0.1) is 0 Å². The van der Waals surface area contributed by atoms with Crippen molar-refractivity contribution in [3.8, 4) is 0 Å². The fourth-order valence-electron chi connectivity index (χ4n) is 2.79. The summed E-state index contributed by atoms with van der Waals surface area (Å²) in [5, 5.41) is 0. The number of rotatable bonds is 7. The van der Waals surface area contributed by atoms with E-state index in [9.17, 15) is 8.42 Å². The van der Waals surface area contributed by atoms with E-state index in [1.54, 1.807) is 6.92 Å². The Balaban J connectivity index is 2.09. The van der Waals surface area contributed by atoms with Gasteiger partial charge in [-0.1, -0.05) is 43.7 Å². The van der Waals surface area contributed by atoms with Crippen LogP contribution in [0.25, 0.3) is 0 Å². The van der Waals surface area contributed by atoms with Crippen LogP contribution in [0, 0.1) is 0 Å². The van der Waals surface area contributed by atoms with Crippen LogP contribution in [0.5, 0.6) is 0 Å². The van der Waals surface area contributed by atoms with Gasteiger partial charge >= 0.3 is 0 Å². The molecule has 0 radical (unpaired) electrons. The molecule has 1 fully saturated rings. The highest BCUT2D eigenvalue weighted by molar-refractivity contribution is 7.87. The molecular weight excluding hydrogens is 286 g/mol. The van der Waals surface area contributed by atoms with Crippen LogP contribution < -0.4 is 9.44 Å². The van der Waals surface area contributed by atoms with E-state index in [1.807, 2.05) is 18.2 Å². The molecule has 6 heteroatoms. The molecule has 1 saturated heterocycles. The molecule has 1 aliphatic heterocycles. The van der Waals surface area contributed by atoms with Gasteiger partial charge in [0, 0.05) is 19.1 Å². The second-order valence-electron chi connectivity index (χ2n) is 5.37. The van der Waals surface area contributed by atoms with E-state index >= 15 is 0 Å². The number of nitrogens with zero attached hydrogens (tertiary/aromatic N) is 1. The monoisotopic (exact) mass is 311 g/mol.